The highest BCUT2D eigenvalue weighted by Gasteiger charge is 2.33. The third-order valence-electron chi connectivity index (χ3n) is 6.50. The number of aryl methyl sites for hydroxylation is 2. The van der Waals surface area contributed by atoms with E-state index in [4.69, 9.17) is 0 Å². The Morgan fingerprint density at radius 1 is 0.925 bits per heavy atom. The highest BCUT2D eigenvalue weighted by Crippen LogP contribution is 2.25. The number of halogens is 1. The fourth-order valence-corrected chi connectivity index (χ4v) is 5.84. The van der Waals surface area contributed by atoms with E-state index in [9.17, 15) is 18.0 Å². The van der Waals surface area contributed by atoms with E-state index in [0.29, 0.717) is 12.2 Å². The fraction of sp³-hybridized carbons (Fsp3) is 0.355. The minimum atomic E-state index is -3.81. The van der Waals surface area contributed by atoms with Gasteiger partial charge in [-0.05, 0) is 54.7 Å². The molecule has 3 aromatic rings. The van der Waals surface area contributed by atoms with E-state index >= 15 is 0 Å². The van der Waals surface area contributed by atoms with E-state index in [2.05, 4.69) is 21.2 Å². The largest absolute Gasteiger partial charge is 0.354 e. The molecule has 0 aromatic heterocycles. The van der Waals surface area contributed by atoms with E-state index in [1.165, 1.54) is 4.90 Å². The highest BCUT2D eigenvalue weighted by molar-refractivity contribution is 9.10. The zero-order chi connectivity index (χ0) is 29.4. The van der Waals surface area contributed by atoms with Crippen molar-refractivity contribution in [2.75, 3.05) is 23.7 Å². The number of nitrogens with one attached hydrogen (secondary N) is 1. The Morgan fingerprint density at radius 3 is 2.20 bits per heavy atom. The Kier molecular flexibility index (Phi) is 10.9. The number of hydrogen-bond acceptors (Lipinski definition) is 4. The lowest BCUT2D eigenvalue weighted by molar-refractivity contribution is -0.140. The van der Waals surface area contributed by atoms with Crippen molar-refractivity contribution in [1.82, 2.24) is 10.2 Å². The van der Waals surface area contributed by atoms with Gasteiger partial charge >= 0.3 is 0 Å². The molecule has 0 radical (unpaired) electrons. The lowest BCUT2D eigenvalue weighted by Crippen LogP contribution is -2.53. The SMILES string of the molecule is Cc1ccc(N(CC(=O)N(Cc2cccc(Br)c2)[C@H](Cc2ccccc2)C(=O)NCC(C)C)S(C)(=O)=O)c(C)c1. The Hall–Kier alpha value is -3.17. The second kappa shape index (κ2) is 13.9. The van der Waals surface area contributed by atoms with Gasteiger partial charge in [-0.15, -0.1) is 0 Å². The van der Waals surface area contributed by atoms with Gasteiger partial charge in [0.25, 0.3) is 0 Å². The van der Waals surface area contributed by atoms with E-state index in [-0.39, 0.29) is 24.8 Å². The van der Waals surface area contributed by atoms with Gasteiger partial charge in [0.05, 0.1) is 11.9 Å². The second-order valence-corrected chi connectivity index (χ2v) is 13.4. The Morgan fingerprint density at radius 2 is 1.60 bits per heavy atom. The van der Waals surface area contributed by atoms with Crippen LogP contribution >= 0.6 is 15.9 Å². The number of nitrogens with zero attached hydrogens (tertiary/aromatic N) is 2. The first-order valence-electron chi connectivity index (χ1n) is 13.3. The standard InChI is InChI=1S/C31H38BrN3O4S/c1-22(2)19-33-31(37)29(18-25-10-7-6-8-11-25)34(20-26-12-9-13-27(32)17-26)30(36)21-35(40(5,38)39)28-15-14-23(3)16-24(28)4/h6-17,22,29H,18-21H2,1-5H3,(H,33,37)/t29-/m1/s1. The molecule has 0 aliphatic rings. The third kappa shape index (κ3) is 8.93. The van der Waals surface area contributed by atoms with Gasteiger partial charge in [-0.1, -0.05) is 89.9 Å². The van der Waals surface area contributed by atoms with Gasteiger partial charge in [0.1, 0.15) is 12.6 Å². The van der Waals surface area contributed by atoms with Crippen molar-refractivity contribution < 1.29 is 18.0 Å². The van der Waals surface area contributed by atoms with E-state index in [1.54, 1.807) is 6.07 Å². The summed E-state index contributed by atoms with van der Waals surface area (Å²) >= 11 is 3.49. The predicted octanol–water partition coefficient (Wildman–Crippen LogP) is 5.24. The van der Waals surface area contributed by atoms with Crippen LogP contribution in [0.1, 0.15) is 36.1 Å². The third-order valence-corrected chi connectivity index (χ3v) is 8.12. The molecule has 0 saturated heterocycles. The molecule has 40 heavy (non-hydrogen) atoms. The molecule has 1 atom stereocenters. The van der Waals surface area contributed by atoms with Crippen molar-refractivity contribution in [3.63, 3.8) is 0 Å². The van der Waals surface area contributed by atoms with Gasteiger partial charge in [0.15, 0.2) is 0 Å². The summed E-state index contributed by atoms with van der Waals surface area (Å²) < 4.78 is 27.9. The quantitative estimate of drug-likeness (QED) is 0.297. The summed E-state index contributed by atoms with van der Waals surface area (Å²) in [5.41, 5.74) is 3.88. The summed E-state index contributed by atoms with van der Waals surface area (Å²) in [7, 11) is -3.81. The molecule has 7 nitrogen and oxygen atoms in total. The number of sulfonamides is 1. The molecule has 0 unspecified atom stereocenters. The summed E-state index contributed by atoms with van der Waals surface area (Å²) in [4.78, 5) is 29.3. The van der Waals surface area contributed by atoms with Gasteiger partial charge in [-0.3, -0.25) is 13.9 Å². The number of amides is 2. The zero-order valence-corrected chi connectivity index (χ0v) is 26.1. The van der Waals surface area contributed by atoms with Crippen molar-refractivity contribution in [1.29, 1.82) is 0 Å². The second-order valence-electron chi connectivity index (χ2n) is 10.6. The van der Waals surface area contributed by atoms with Crippen LogP contribution in [0.15, 0.2) is 77.3 Å². The van der Waals surface area contributed by atoms with E-state index in [0.717, 1.165) is 37.3 Å². The van der Waals surface area contributed by atoms with E-state index in [1.807, 2.05) is 94.4 Å². The molecule has 0 heterocycles. The van der Waals surface area contributed by atoms with Gasteiger partial charge in [0, 0.05) is 24.0 Å². The number of rotatable bonds is 12. The maximum atomic E-state index is 14.1. The van der Waals surface area contributed by atoms with Gasteiger partial charge in [-0.25, -0.2) is 8.42 Å². The van der Waals surface area contributed by atoms with Crippen LogP contribution in [0.25, 0.3) is 0 Å². The molecule has 0 saturated carbocycles. The van der Waals surface area contributed by atoms with Crippen LogP contribution in [0, 0.1) is 19.8 Å². The normalized spacial score (nSPS) is 12.2. The molecule has 3 rings (SSSR count). The number of anilines is 1. The molecular formula is C31H38BrN3O4S. The maximum Gasteiger partial charge on any atom is 0.244 e. The Balaban J connectivity index is 2.07. The number of benzene rings is 3. The van der Waals surface area contributed by atoms with Crippen LogP contribution in [-0.2, 0) is 32.6 Å². The minimum absolute atomic E-state index is 0.134. The molecule has 2 amide bonds. The number of carbonyl (C=O) groups excluding carboxylic acids is 2. The average Bonchev–Trinajstić information content (AvgIpc) is 2.88. The summed E-state index contributed by atoms with van der Waals surface area (Å²) in [6, 6.07) is 21.6. The first-order valence-corrected chi connectivity index (χ1v) is 15.9. The van der Waals surface area contributed by atoms with Gasteiger partial charge in [-0.2, -0.15) is 0 Å². The lowest BCUT2D eigenvalue weighted by Gasteiger charge is -2.34. The summed E-state index contributed by atoms with van der Waals surface area (Å²) in [6.07, 6.45) is 1.38. The van der Waals surface area contributed by atoms with Crippen molar-refractivity contribution in [2.24, 2.45) is 5.92 Å². The molecule has 0 aliphatic carbocycles. The zero-order valence-electron chi connectivity index (χ0n) is 23.7. The molecular weight excluding hydrogens is 590 g/mol. The fourth-order valence-electron chi connectivity index (χ4n) is 4.49. The topological polar surface area (TPSA) is 86.8 Å². The molecule has 214 valence electrons. The summed E-state index contributed by atoms with van der Waals surface area (Å²) in [6.45, 7) is 7.92. The van der Waals surface area contributed by atoms with Gasteiger partial charge < -0.3 is 10.2 Å². The van der Waals surface area contributed by atoms with Crippen LogP contribution in [0.5, 0.6) is 0 Å². The smallest absolute Gasteiger partial charge is 0.244 e. The van der Waals surface area contributed by atoms with Crippen molar-refractivity contribution >= 4 is 43.5 Å². The monoisotopic (exact) mass is 627 g/mol. The highest BCUT2D eigenvalue weighted by atomic mass is 79.9. The van der Waals surface area contributed by atoms with Gasteiger partial charge in [0.2, 0.25) is 21.8 Å². The molecule has 1 N–H and O–H groups in total. The average molecular weight is 629 g/mol. The minimum Gasteiger partial charge on any atom is -0.354 e. The number of carbonyl (C=O) groups is 2. The summed E-state index contributed by atoms with van der Waals surface area (Å²) in [5.74, 6) is -0.523. The molecule has 0 fully saturated rings. The first kappa shape index (κ1) is 31.4. The maximum absolute atomic E-state index is 14.1. The molecule has 9 heteroatoms. The molecule has 0 spiro atoms. The number of hydrogen-bond donors (Lipinski definition) is 1. The van der Waals surface area contributed by atoms with E-state index < -0.39 is 28.5 Å². The summed E-state index contributed by atoms with van der Waals surface area (Å²) in [5, 5.41) is 2.99. The Bertz CT molecular complexity index is 1430. The molecule has 0 bridgehead atoms. The van der Waals surface area contributed by atoms with Crippen molar-refractivity contribution in [2.45, 2.75) is 46.7 Å². The first-order chi connectivity index (χ1) is 18.8. The van der Waals surface area contributed by atoms with Crippen molar-refractivity contribution in [3.8, 4) is 0 Å². The van der Waals surface area contributed by atoms with Crippen molar-refractivity contribution in [3.05, 3.63) is 99.5 Å². The van der Waals surface area contributed by atoms with Crippen LogP contribution in [0.2, 0.25) is 0 Å². The predicted molar refractivity (Wildman–Crippen MR) is 165 cm³/mol. The Labute approximate surface area is 246 Å². The van der Waals surface area contributed by atoms with Crippen LogP contribution < -0.4 is 9.62 Å². The lowest BCUT2D eigenvalue weighted by atomic mass is 10.0. The molecule has 0 aliphatic heterocycles. The van der Waals surface area contributed by atoms with Crippen LogP contribution in [0.3, 0.4) is 0 Å². The van der Waals surface area contributed by atoms with Crippen LogP contribution in [-0.4, -0.2) is 50.5 Å². The van der Waals surface area contributed by atoms with Crippen LogP contribution in [0.4, 0.5) is 5.69 Å². The molecule has 3 aromatic carbocycles.